The van der Waals surface area contributed by atoms with Gasteiger partial charge in [0, 0.05) is 23.8 Å². The highest BCUT2D eigenvalue weighted by Crippen LogP contribution is 2.48. The third-order valence-electron chi connectivity index (χ3n) is 11.2. The second-order valence-electron chi connectivity index (χ2n) is 16.1. The van der Waals surface area contributed by atoms with E-state index in [1.807, 2.05) is 19.9 Å². The Bertz CT molecular complexity index is 1740. The Morgan fingerprint density at radius 1 is 1.09 bits per heavy atom. The van der Waals surface area contributed by atoms with E-state index in [4.69, 9.17) is 35.3 Å². The Kier molecular flexibility index (Phi) is 11.7. The van der Waals surface area contributed by atoms with Gasteiger partial charge in [-0.15, -0.1) is 0 Å². The molecule has 9 nitrogen and oxygen atoms in total. The second kappa shape index (κ2) is 15.8. The van der Waals surface area contributed by atoms with Gasteiger partial charge in [0.1, 0.15) is 29.5 Å². The third-order valence-corrected chi connectivity index (χ3v) is 11.4. The fourth-order valence-electron chi connectivity index (χ4n) is 8.59. The number of halogens is 1. The molecule has 4 heterocycles. The number of hydrogen-bond acceptors (Lipinski definition) is 9. The summed E-state index contributed by atoms with van der Waals surface area (Å²) in [7, 11) is 0. The van der Waals surface area contributed by atoms with Gasteiger partial charge in [-0.05, 0) is 86.4 Å². The van der Waals surface area contributed by atoms with Crippen molar-refractivity contribution in [3.05, 3.63) is 93.6 Å². The molecular formula is C43H53ClO9. The highest BCUT2D eigenvalue weighted by molar-refractivity contribution is 6.30. The normalized spacial score (nSPS) is 39.3. The van der Waals surface area contributed by atoms with Crippen molar-refractivity contribution >= 4 is 29.3 Å². The molecule has 53 heavy (non-hydrogen) atoms. The lowest BCUT2D eigenvalue weighted by atomic mass is 9.70. The summed E-state index contributed by atoms with van der Waals surface area (Å²) in [6.45, 7) is 14.0. The van der Waals surface area contributed by atoms with Crippen molar-refractivity contribution in [1.29, 1.82) is 0 Å². The molecule has 4 aliphatic heterocycles. The first kappa shape index (κ1) is 39.4. The molecule has 0 amide bonds. The summed E-state index contributed by atoms with van der Waals surface area (Å²) in [4.78, 5) is 41.4. The zero-order valence-corrected chi connectivity index (χ0v) is 32.6. The molecule has 10 heteroatoms. The summed E-state index contributed by atoms with van der Waals surface area (Å²) in [5.41, 5.74) is 1.60. The summed E-state index contributed by atoms with van der Waals surface area (Å²) >= 11 is 6.04. The van der Waals surface area contributed by atoms with Crippen LogP contribution in [0.4, 0.5) is 0 Å². The third kappa shape index (κ3) is 8.35. The van der Waals surface area contributed by atoms with Crippen LogP contribution in [0.25, 0.3) is 0 Å². The second-order valence-corrected chi connectivity index (χ2v) is 16.5. The van der Waals surface area contributed by atoms with Gasteiger partial charge in [-0.25, -0.2) is 4.79 Å². The van der Waals surface area contributed by atoms with Crippen molar-refractivity contribution in [2.45, 2.75) is 122 Å². The van der Waals surface area contributed by atoms with Crippen molar-refractivity contribution in [3.8, 4) is 0 Å². The standard InChI is InChI=1S/C43H53ClO9/c1-24(2)17-27(5)37-29(7)36(45)22-42(53-37)21-34-20-33(52-42)16-11-26(4)18-25(3)9-8-10-31-23-49-39-38(51-40(46)30-12-14-32(44)15-13-30)28(6)19-35(41(47)50-34)43(31,39)48/h8-15,17,19,24-25,29,33-35,37-39,48H,16,18,20-23H2,1-7H3/b9-8+,26-11+,27-17+,31-10+/t25-,29-,33+,34-,35-,37+,38+,39+,42-,43+/m0/s1. The van der Waals surface area contributed by atoms with Crippen LogP contribution in [0, 0.1) is 23.7 Å². The minimum absolute atomic E-state index is 0.0277. The number of rotatable bonds is 4. The molecule has 6 rings (SSSR count). The maximum atomic E-state index is 14.5. The van der Waals surface area contributed by atoms with Crippen LogP contribution in [-0.4, -0.2) is 71.3 Å². The number of hydrogen-bond donors (Lipinski definition) is 1. The van der Waals surface area contributed by atoms with Crippen molar-refractivity contribution in [1.82, 2.24) is 0 Å². The molecule has 0 unspecified atom stereocenters. The molecule has 1 spiro atoms. The number of esters is 2. The predicted molar refractivity (Wildman–Crippen MR) is 201 cm³/mol. The van der Waals surface area contributed by atoms with Crippen LogP contribution in [-0.2, 0) is 33.3 Å². The number of benzene rings is 1. The van der Waals surface area contributed by atoms with E-state index in [1.54, 1.807) is 43.3 Å². The monoisotopic (exact) mass is 748 g/mol. The number of carbonyl (C=O) groups excluding carboxylic acids is 3. The first-order valence-corrected chi connectivity index (χ1v) is 19.3. The minimum Gasteiger partial charge on any atom is -0.462 e. The predicted octanol–water partition coefficient (Wildman–Crippen LogP) is 7.81. The van der Waals surface area contributed by atoms with Crippen LogP contribution in [0.1, 0.15) is 90.9 Å². The summed E-state index contributed by atoms with van der Waals surface area (Å²) in [6, 6.07) is 6.34. The summed E-state index contributed by atoms with van der Waals surface area (Å²) in [5.74, 6) is -3.56. The fraction of sp³-hybridized carbons (Fsp3) is 0.558. The van der Waals surface area contributed by atoms with E-state index in [-0.39, 0.29) is 49.1 Å². The summed E-state index contributed by atoms with van der Waals surface area (Å²) in [6.07, 6.45) is 10.0. The molecule has 3 saturated heterocycles. The lowest BCUT2D eigenvalue weighted by Gasteiger charge is -2.49. The van der Waals surface area contributed by atoms with Crippen LogP contribution in [0.15, 0.2) is 83.0 Å². The molecule has 0 saturated carbocycles. The highest BCUT2D eigenvalue weighted by Gasteiger charge is 2.61. The molecule has 3 fully saturated rings. The van der Waals surface area contributed by atoms with Crippen molar-refractivity contribution in [2.24, 2.45) is 23.7 Å². The van der Waals surface area contributed by atoms with E-state index in [0.717, 1.165) is 12.0 Å². The smallest absolute Gasteiger partial charge is 0.338 e. The molecule has 1 aliphatic carbocycles. The van der Waals surface area contributed by atoms with Gasteiger partial charge >= 0.3 is 11.9 Å². The topological polar surface area (TPSA) is 118 Å². The van der Waals surface area contributed by atoms with E-state index in [1.165, 1.54) is 5.57 Å². The zero-order valence-electron chi connectivity index (χ0n) is 31.8. The maximum Gasteiger partial charge on any atom is 0.338 e. The quantitative estimate of drug-likeness (QED) is 0.243. The molecule has 5 aliphatic rings. The summed E-state index contributed by atoms with van der Waals surface area (Å²) in [5, 5.41) is 13.2. The lowest BCUT2D eigenvalue weighted by molar-refractivity contribution is -0.319. The van der Waals surface area contributed by atoms with Crippen LogP contribution < -0.4 is 0 Å². The Labute approximate surface area is 318 Å². The van der Waals surface area contributed by atoms with Crippen molar-refractivity contribution in [3.63, 3.8) is 0 Å². The van der Waals surface area contributed by atoms with Gasteiger partial charge in [-0.2, -0.15) is 0 Å². The first-order chi connectivity index (χ1) is 25.1. The maximum absolute atomic E-state index is 14.5. The first-order valence-electron chi connectivity index (χ1n) is 18.9. The number of Topliss-reactive ketones (excluding diaryl/α,β-unsaturated/α-hetero) is 1. The number of ketones is 1. The van der Waals surface area contributed by atoms with Crippen LogP contribution in [0.2, 0.25) is 5.02 Å². The SMILES string of the molecule is CC1=C[C@H]2C(=O)O[C@H]3C[C@@H](C/C=C(\C)C[C@@H](C)/C=C/C=C4\CO[C@H]([C@@H]1OC(=O)c1ccc(Cl)cc1)[C@@]42O)O[C@@]1(CC(=O)[C@H](C)[C@@H](/C(C)=C/C(C)C)O1)C3. The molecule has 0 radical (unpaired) electrons. The van der Waals surface area contributed by atoms with E-state index in [0.29, 0.717) is 34.6 Å². The van der Waals surface area contributed by atoms with Crippen LogP contribution in [0.5, 0.6) is 0 Å². The van der Waals surface area contributed by atoms with Gasteiger partial charge in [0.15, 0.2) is 11.9 Å². The lowest BCUT2D eigenvalue weighted by Crippen LogP contribution is -2.59. The van der Waals surface area contributed by atoms with Gasteiger partial charge in [0.2, 0.25) is 0 Å². The van der Waals surface area contributed by atoms with Gasteiger partial charge in [0.25, 0.3) is 0 Å². The molecule has 1 aromatic rings. The molecule has 2 bridgehead atoms. The van der Waals surface area contributed by atoms with Gasteiger partial charge in [-0.3, -0.25) is 9.59 Å². The molecular weight excluding hydrogens is 696 g/mol. The van der Waals surface area contributed by atoms with Gasteiger partial charge in [-0.1, -0.05) is 81.3 Å². The Morgan fingerprint density at radius 3 is 2.55 bits per heavy atom. The van der Waals surface area contributed by atoms with E-state index in [9.17, 15) is 19.5 Å². The number of fused-ring (bicyclic) bond motifs is 2. The number of carbonyl (C=O) groups is 3. The van der Waals surface area contributed by atoms with E-state index >= 15 is 0 Å². The largest absolute Gasteiger partial charge is 0.462 e. The average Bonchev–Trinajstić information content (AvgIpc) is 3.42. The van der Waals surface area contributed by atoms with Crippen molar-refractivity contribution < 1.29 is 43.2 Å². The van der Waals surface area contributed by atoms with Crippen LogP contribution >= 0.6 is 11.6 Å². The number of aliphatic hydroxyl groups is 1. The molecule has 1 N–H and O–H groups in total. The van der Waals surface area contributed by atoms with Gasteiger partial charge in [0.05, 0.1) is 30.8 Å². The number of allylic oxidation sites excluding steroid dienone is 5. The van der Waals surface area contributed by atoms with Crippen molar-refractivity contribution in [2.75, 3.05) is 6.61 Å². The average molecular weight is 749 g/mol. The molecule has 10 atom stereocenters. The Hall–Kier alpha value is -3.34. The minimum atomic E-state index is -1.87. The van der Waals surface area contributed by atoms with Crippen LogP contribution in [0.3, 0.4) is 0 Å². The number of ether oxygens (including phenoxy) is 5. The zero-order chi connectivity index (χ0) is 38.2. The molecule has 1 aromatic carbocycles. The summed E-state index contributed by atoms with van der Waals surface area (Å²) < 4.78 is 32.0. The Morgan fingerprint density at radius 2 is 1.83 bits per heavy atom. The van der Waals surface area contributed by atoms with Gasteiger partial charge < -0.3 is 28.8 Å². The molecule has 0 aromatic heterocycles. The van der Waals surface area contributed by atoms with E-state index in [2.05, 4.69) is 45.9 Å². The molecule has 286 valence electrons. The highest BCUT2D eigenvalue weighted by atomic mass is 35.5. The van der Waals surface area contributed by atoms with E-state index < -0.39 is 53.7 Å². The Balaban J connectivity index is 1.36. The fourth-order valence-corrected chi connectivity index (χ4v) is 8.72.